The Hall–Kier alpha value is -1.11. The van der Waals surface area contributed by atoms with Crippen LogP contribution in [0.1, 0.15) is 34.6 Å². The third kappa shape index (κ3) is 44.5. The zero-order chi connectivity index (χ0) is 11.7. The van der Waals surface area contributed by atoms with Gasteiger partial charge in [0.2, 0.25) is 0 Å². The minimum absolute atomic E-state index is 1.75. The Morgan fingerprint density at radius 2 is 1.07 bits per heavy atom. The largest absolute Gasteiger partial charge is 0.297 e. The van der Waals surface area contributed by atoms with Gasteiger partial charge in [0, 0.05) is 13.3 Å². The summed E-state index contributed by atoms with van der Waals surface area (Å²) in [6.07, 6.45) is 13.6. The second-order valence-corrected chi connectivity index (χ2v) is 1.98. The van der Waals surface area contributed by atoms with Crippen LogP contribution in [0.25, 0.3) is 0 Å². The highest BCUT2D eigenvalue weighted by molar-refractivity contribution is 5.70. The summed E-state index contributed by atoms with van der Waals surface area (Å²) in [4.78, 5) is 3.71. The molecule has 0 aromatic carbocycles. The first-order chi connectivity index (χ1) is 6.83. The zero-order valence-electron chi connectivity index (χ0n) is 10.5. The highest BCUT2D eigenvalue weighted by Gasteiger charge is 1.49. The normalized spacial score (nSPS) is 10.4. The van der Waals surface area contributed by atoms with E-state index >= 15 is 0 Å². The van der Waals surface area contributed by atoms with Crippen LogP contribution in [0.2, 0.25) is 0 Å². The standard InChI is InChI=1S/C6H10.C5H9N.C2H6/c1-3-5-6-4-2;1-3-4-5-6-2;1-2/h3-6H,1-2H3;3-5H,1-2H3;1-2H3/b5-3-,6-4-;4-3-,6-5?;. The van der Waals surface area contributed by atoms with Crippen molar-refractivity contribution in [1.29, 1.82) is 0 Å². The number of rotatable bonds is 2. The van der Waals surface area contributed by atoms with E-state index in [9.17, 15) is 0 Å². The van der Waals surface area contributed by atoms with Crippen molar-refractivity contribution in [2.75, 3.05) is 7.05 Å². The van der Waals surface area contributed by atoms with Crippen LogP contribution in [0.4, 0.5) is 0 Å². The maximum atomic E-state index is 3.71. The predicted octanol–water partition coefficient (Wildman–Crippen LogP) is 4.43. The van der Waals surface area contributed by atoms with Gasteiger partial charge >= 0.3 is 0 Å². The fraction of sp³-hybridized carbons (Fsp3) is 0.462. The summed E-state index contributed by atoms with van der Waals surface area (Å²) in [6, 6.07) is 0. The lowest BCUT2D eigenvalue weighted by Crippen LogP contribution is -1.56. The predicted molar refractivity (Wildman–Crippen MR) is 70.2 cm³/mol. The molecule has 0 spiro atoms. The van der Waals surface area contributed by atoms with Crippen LogP contribution in [-0.2, 0) is 0 Å². The van der Waals surface area contributed by atoms with Crippen molar-refractivity contribution in [3.8, 4) is 0 Å². The van der Waals surface area contributed by atoms with E-state index in [4.69, 9.17) is 0 Å². The summed E-state index contributed by atoms with van der Waals surface area (Å²) in [5, 5.41) is 0. The first-order valence-corrected chi connectivity index (χ1v) is 5.10. The minimum atomic E-state index is 1.75. The lowest BCUT2D eigenvalue weighted by molar-refractivity contribution is 1.47. The smallest absolute Gasteiger partial charge is 0.0277 e. The Bertz CT molecular complexity index is 122. The Balaban J connectivity index is -0.000000147. The minimum Gasteiger partial charge on any atom is -0.297 e. The molecule has 0 saturated carbocycles. The van der Waals surface area contributed by atoms with E-state index in [1.807, 2.05) is 71.1 Å². The topological polar surface area (TPSA) is 12.4 Å². The van der Waals surface area contributed by atoms with E-state index in [1.165, 1.54) is 0 Å². The lowest BCUT2D eigenvalue weighted by Gasteiger charge is -1.63. The quantitative estimate of drug-likeness (QED) is 0.456. The molecule has 0 aliphatic rings. The summed E-state index contributed by atoms with van der Waals surface area (Å²) < 4.78 is 0. The Labute approximate surface area is 90.0 Å². The van der Waals surface area contributed by atoms with Crippen LogP contribution in [0.3, 0.4) is 0 Å². The lowest BCUT2D eigenvalue weighted by atomic mass is 10.5. The van der Waals surface area contributed by atoms with Crippen LogP contribution >= 0.6 is 0 Å². The fourth-order valence-electron chi connectivity index (χ4n) is 0.394. The molecule has 0 fully saturated rings. The summed E-state index contributed by atoms with van der Waals surface area (Å²) in [6.45, 7) is 9.96. The second kappa shape index (κ2) is 29.7. The molecule has 0 heterocycles. The van der Waals surface area contributed by atoms with Gasteiger partial charge in [-0.3, -0.25) is 4.99 Å². The molecule has 1 nitrogen and oxygen atoms in total. The SMILES string of the molecule is C/C=C\C=C/C.C/C=C\C=NC.CC. The Morgan fingerprint density at radius 1 is 0.714 bits per heavy atom. The maximum Gasteiger partial charge on any atom is 0.0277 e. The molecular formula is C13H25N. The van der Waals surface area contributed by atoms with E-state index in [-0.39, 0.29) is 0 Å². The summed E-state index contributed by atoms with van der Waals surface area (Å²) in [5.41, 5.74) is 0. The molecule has 0 radical (unpaired) electrons. The van der Waals surface area contributed by atoms with Crippen LogP contribution in [0.5, 0.6) is 0 Å². The van der Waals surface area contributed by atoms with Gasteiger partial charge in [-0.1, -0.05) is 44.2 Å². The van der Waals surface area contributed by atoms with E-state index in [0.29, 0.717) is 0 Å². The van der Waals surface area contributed by atoms with Gasteiger partial charge in [0.05, 0.1) is 0 Å². The summed E-state index contributed by atoms with van der Waals surface area (Å²) in [7, 11) is 1.75. The molecule has 82 valence electrons. The van der Waals surface area contributed by atoms with Crippen molar-refractivity contribution in [2.24, 2.45) is 4.99 Å². The molecule has 0 saturated heterocycles. The van der Waals surface area contributed by atoms with Gasteiger partial charge in [-0.2, -0.15) is 0 Å². The van der Waals surface area contributed by atoms with Gasteiger partial charge in [0.25, 0.3) is 0 Å². The number of allylic oxidation sites excluding steroid dienone is 6. The molecule has 0 aromatic rings. The third-order valence-electron chi connectivity index (χ3n) is 0.924. The molecule has 0 aromatic heterocycles. The van der Waals surface area contributed by atoms with Gasteiger partial charge < -0.3 is 0 Å². The van der Waals surface area contributed by atoms with Crippen LogP contribution in [0, 0.1) is 0 Å². The van der Waals surface area contributed by atoms with Gasteiger partial charge in [-0.05, 0) is 26.8 Å². The molecule has 0 amide bonds. The van der Waals surface area contributed by atoms with E-state index in [0.717, 1.165) is 0 Å². The molecule has 0 atom stereocenters. The van der Waals surface area contributed by atoms with Crippen LogP contribution in [-0.4, -0.2) is 13.3 Å². The Morgan fingerprint density at radius 3 is 1.21 bits per heavy atom. The van der Waals surface area contributed by atoms with Gasteiger partial charge in [0.1, 0.15) is 0 Å². The number of nitrogens with zero attached hydrogens (tertiary/aromatic N) is 1. The van der Waals surface area contributed by atoms with E-state index in [1.54, 1.807) is 13.3 Å². The van der Waals surface area contributed by atoms with Crippen molar-refractivity contribution in [1.82, 2.24) is 0 Å². The monoisotopic (exact) mass is 195 g/mol. The average molecular weight is 195 g/mol. The highest BCUT2D eigenvalue weighted by Crippen LogP contribution is 1.71. The molecule has 0 unspecified atom stereocenters. The summed E-state index contributed by atoms with van der Waals surface area (Å²) >= 11 is 0. The molecule has 0 aliphatic carbocycles. The molecular weight excluding hydrogens is 170 g/mol. The number of hydrogen-bond acceptors (Lipinski definition) is 1. The van der Waals surface area contributed by atoms with Gasteiger partial charge in [-0.25, -0.2) is 0 Å². The molecule has 0 bridgehead atoms. The van der Waals surface area contributed by atoms with Crippen molar-refractivity contribution in [2.45, 2.75) is 34.6 Å². The highest BCUT2D eigenvalue weighted by atomic mass is 14.6. The van der Waals surface area contributed by atoms with Crippen molar-refractivity contribution in [3.63, 3.8) is 0 Å². The first-order valence-electron chi connectivity index (χ1n) is 5.10. The first kappa shape index (κ1) is 18.6. The second-order valence-electron chi connectivity index (χ2n) is 1.98. The molecule has 0 rings (SSSR count). The molecule has 14 heavy (non-hydrogen) atoms. The zero-order valence-corrected chi connectivity index (χ0v) is 10.5. The third-order valence-corrected chi connectivity index (χ3v) is 0.924. The number of hydrogen-bond donors (Lipinski definition) is 0. The van der Waals surface area contributed by atoms with Crippen molar-refractivity contribution in [3.05, 3.63) is 36.5 Å². The maximum absolute atomic E-state index is 3.71. The van der Waals surface area contributed by atoms with Gasteiger partial charge in [-0.15, -0.1) is 0 Å². The fourth-order valence-corrected chi connectivity index (χ4v) is 0.394. The Kier molecular flexibility index (Phi) is 39.5. The van der Waals surface area contributed by atoms with Gasteiger partial charge in [0.15, 0.2) is 0 Å². The molecule has 0 N–H and O–H groups in total. The van der Waals surface area contributed by atoms with E-state index in [2.05, 4.69) is 4.99 Å². The summed E-state index contributed by atoms with van der Waals surface area (Å²) in [5.74, 6) is 0. The van der Waals surface area contributed by atoms with Crippen LogP contribution < -0.4 is 0 Å². The number of aliphatic imine (C=N–C) groups is 1. The van der Waals surface area contributed by atoms with Crippen LogP contribution in [0.15, 0.2) is 41.4 Å². The molecule has 0 aliphatic heterocycles. The van der Waals surface area contributed by atoms with E-state index < -0.39 is 0 Å². The average Bonchev–Trinajstić information content (AvgIpc) is 2.27. The van der Waals surface area contributed by atoms with Crippen molar-refractivity contribution >= 4 is 6.21 Å². The van der Waals surface area contributed by atoms with Crippen molar-refractivity contribution < 1.29 is 0 Å². The molecule has 1 heteroatoms.